The van der Waals surface area contributed by atoms with Gasteiger partial charge in [0.2, 0.25) is 0 Å². The van der Waals surface area contributed by atoms with Gasteiger partial charge in [-0.2, -0.15) is 0 Å². The van der Waals surface area contributed by atoms with E-state index in [1.807, 2.05) is 6.92 Å². The lowest BCUT2D eigenvalue weighted by molar-refractivity contribution is 0.0698. The predicted molar refractivity (Wildman–Crippen MR) is 93.2 cm³/mol. The number of carboxylic acid groups (broad SMARTS) is 1. The van der Waals surface area contributed by atoms with Gasteiger partial charge < -0.3 is 14.6 Å². The summed E-state index contributed by atoms with van der Waals surface area (Å²) in [5, 5.41) is 20.5. The second-order valence-electron chi connectivity index (χ2n) is 6.54. The van der Waals surface area contributed by atoms with Crippen molar-refractivity contribution in [2.75, 3.05) is 0 Å². The van der Waals surface area contributed by atoms with Gasteiger partial charge in [0.15, 0.2) is 0 Å². The van der Waals surface area contributed by atoms with Crippen LogP contribution in [0.2, 0.25) is 0 Å². The maximum atomic E-state index is 13.2. The summed E-state index contributed by atoms with van der Waals surface area (Å²) in [5.74, 6) is -1.34. The zero-order valence-corrected chi connectivity index (χ0v) is 14.3. The lowest BCUT2D eigenvalue weighted by atomic mass is 9.90. The summed E-state index contributed by atoms with van der Waals surface area (Å²) in [7, 11) is 0. The smallest absolute Gasteiger partial charge is 0.340 e. The zero-order valence-electron chi connectivity index (χ0n) is 14.3. The van der Waals surface area contributed by atoms with E-state index in [4.69, 9.17) is 4.42 Å². The highest BCUT2D eigenvalue weighted by Crippen LogP contribution is 2.37. The molecule has 0 saturated carbocycles. The summed E-state index contributed by atoms with van der Waals surface area (Å²) >= 11 is 0. The first-order chi connectivity index (χ1) is 11.7. The Hall–Kier alpha value is -2.66. The van der Waals surface area contributed by atoms with E-state index < -0.39 is 17.4 Å². The molecule has 0 amide bonds. The van der Waals surface area contributed by atoms with Crippen molar-refractivity contribution in [3.8, 4) is 11.3 Å². The number of hydrogen-bond acceptors (Lipinski definition) is 3. The van der Waals surface area contributed by atoms with Crippen LogP contribution in [0.3, 0.4) is 0 Å². The van der Waals surface area contributed by atoms with Crippen molar-refractivity contribution in [1.82, 2.24) is 0 Å². The highest BCUT2D eigenvalue weighted by atomic mass is 19.1. The fraction of sp³-hybridized carbons (Fsp3) is 0.250. The molecule has 0 unspecified atom stereocenters. The van der Waals surface area contributed by atoms with Crippen LogP contribution in [0.15, 0.2) is 40.8 Å². The quantitative estimate of drug-likeness (QED) is 0.719. The minimum atomic E-state index is -1.11. The summed E-state index contributed by atoms with van der Waals surface area (Å²) < 4.78 is 19.0. The molecule has 4 nitrogen and oxygen atoms in total. The summed E-state index contributed by atoms with van der Waals surface area (Å²) in [5.41, 5.74) is 1.38. The highest BCUT2D eigenvalue weighted by molar-refractivity contribution is 6.08. The topological polar surface area (TPSA) is 70.7 Å². The number of rotatable bonds is 4. The van der Waals surface area contributed by atoms with E-state index in [-0.39, 0.29) is 11.3 Å². The lowest BCUT2D eigenvalue weighted by Crippen LogP contribution is -2.17. The van der Waals surface area contributed by atoms with Gasteiger partial charge >= 0.3 is 5.97 Å². The molecule has 0 aliphatic rings. The highest BCUT2D eigenvalue weighted by Gasteiger charge is 2.26. The number of benzene rings is 2. The largest absolute Gasteiger partial charge is 0.478 e. The van der Waals surface area contributed by atoms with Crippen LogP contribution in [0.1, 0.15) is 42.3 Å². The Morgan fingerprint density at radius 1 is 1.20 bits per heavy atom. The van der Waals surface area contributed by atoms with Crippen LogP contribution in [0.5, 0.6) is 0 Å². The Bertz CT molecular complexity index is 946. The first-order valence-electron chi connectivity index (χ1n) is 8.04. The summed E-state index contributed by atoms with van der Waals surface area (Å²) in [6, 6.07) is 8.92. The Labute approximate surface area is 144 Å². The van der Waals surface area contributed by atoms with Crippen LogP contribution < -0.4 is 0 Å². The number of fused-ring (bicyclic) bond motifs is 1. The van der Waals surface area contributed by atoms with Gasteiger partial charge in [-0.25, -0.2) is 9.18 Å². The van der Waals surface area contributed by atoms with E-state index in [1.165, 1.54) is 24.3 Å². The van der Waals surface area contributed by atoms with E-state index in [0.717, 1.165) is 5.56 Å². The van der Waals surface area contributed by atoms with Gasteiger partial charge in [0.25, 0.3) is 0 Å². The zero-order chi connectivity index (χ0) is 18.4. The number of furan rings is 1. The molecule has 0 bridgehead atoms. The normalized spacial score (nSPS) is 11.9. The average Bonchev–Trinajstić information content (AvgIpc) is 2.92. The van der Waals surface area contributed by atoms with Gasteiger partial charge in [0.05, 0.1) is 5.60 Å². The third kappa shape index (κ3) is 3.03. The van der Waals surface area contributed by atoms with Crippen molar-refractivity contribution in [2.24, 2.45) is 0 Å². The Morgan fingerprint density at radius 2 is 1.84 bits per heavy atom. The SMILES string of the molecule is CCc1cc2c(C(=O)O)c(-c3ccc(F)cc3)oc2cc1C(C)(C)O. The van der Waals surface area contributed by atoms with Gasteiger partial charge in [-0.15, -0.1) is 0 Å². The third-order valence-corrected chi connectivity index (χ3v) is 4.27. The average molecular weight is 342 g/mol. The maximum Gasteiger partial charge on any atom is 0.340 e. The number of carboxylic acids is 1. The Balaban J connectivity index is 2.34. The molecule has 5 heteroatoms. The maximum absolute atomic E-state index is 13.2. The Morgan fingerprint density at radius 3 is 2.36 bits per heavy atom. The van der Waals surface area contributed by atoms with Crippen LogP contribution >= 0.6 is 0 Å². The second-order valence-corrected chi connectivity index (χ2v) is 6.54. The van der Waals surface area contributed by atoms with Crippen molar-refractivity contribution in [3.05, 3.63) is 58.9 Å². The molecule has 0 aliphatic heterocycles. The predicted octanol–water partition coefficient (Wildman–Crippen LogP) is 4.73. The Kier molecular flexibility index (Phi) is 4.13. The van der Waals surface area contributed by atoms with Gasteiger partial charge in [-0.05, 0) is 67.8 Å². The fourth-order valence-electron chi connectivity index (χ4n) is 3.07. The van der Waals surface area contributed by atoms with E-state index in [9.17, 15) is 19.4 Å². The molecule has 0 fully saturated rings. The number of aromatic carboxylic acids is 1. The van der Waals surface area contributed by atoms with E-state index in [0.29, 0.717) is 28.5 Å². The molecule has 130 valence electrons. The van der Waals surface area contributed by atoms with Crippen LogP contribution in [-0.4, -0.2) is 16.2 Å². The molecular weight excluding hydrogens is 323 g/mol. The molecular formula is C20H19FO4. The number of halogens is 1. The van der Waals surface area contributed by atoms with Crippen molar-refractivity contribution >= 4 is 16.9 Å². The molecule has 3 aromatic rings. The number of carbonyl (C=O) groups is 1. The number of aryl methyl sites for hydroxylation is 1. The van der Waals surface area contributed by atoms with Gasteiger partial charge in [-0.3, -0.25) is 0 Å². The molecule has 0 atom stereocenters. The summed E-state index contributed by atoms with van der Waals surface area (Å²) in [6.07, 6.45) is 0.644. The minimum absolute atomic E-state index is 0.0404. The molecule has 1 aromatic heterocycles. The van der Waals surface area contributed by atoms with Crippen LogP contribution in [0, 0.1) is 5.82 Å². The van der Waals surface area contributed by atoms with Crippen LogP contribution in [-0.2, 0) is 12.0 Å². The molecule has 0 spiro atoms. The molecule has 0 saturated heterocycles. The first-order valence-corrected chi connectivity index (χ1v) is 8.04. The molecule has 1 heterocycles. The van der Waals surface area contributed by atoms with Crippen molar-refractivity contribution in [1.29, 1.82) is 0 Å². The van der Waals surface area contributed by atoms with E-state index in [2.05, 4.69) is 0 Å². The standard InChI is InChI=1S/C20H19FO4/c1-4-11-9-14-16(10-15(11)20(2,3)24)25-18(17(14)19(22)23)12-5-7-13(21)8-6-12/h5-10,24H,4H2,1-3H3,(H,22,23). The van der Waals surface area contributed by atoms with Crippen molar-refractivity contribution < 1.29 is 23.8 Å². The number of hydrogen-bond donors (Lipinski definition) is 2. The lowest BCUT2D eigenvalue weighted by Gasteiger charge is -2.21. The van der Waals surface area contributed by atoms with Gasteiger partial charge in [0.1, 0.15) is 22.7 Å². The van der Waals surface area contributed by atoms with Crippen LogP contribution in [0.4, 0.5) is 4.39 Å². The molecule has 2 aromatic carbocycles. The minimum Gasteiger partial charge on any atom is -0.478 e. The molecule has 0 aliphatic carbocycles. The molecule has 0 radical (unpaired) electrons. The summed E-state index contributed by atoms with van der Waals surface area (Å²) in [6.45, 7) is 5.29. The van der Waals surface area contributed by atoms with Crippen molar-refractivity contribution in [2.45, 2.75) is 32.8 Å². The van der Waals surface area contributed by atoms with Gasteiger partial charge in [0, 0.05) is 10.9 Å². The van der Waals surface area contributed by atoms with Gasteiger partial charge in [-0.1, -0.05) is 6.92 Å². The number of aliphatic hydroxyl groups is 1. The van der Waals surface area contributed by atoms with Crippen molar-refractivity contribution in [3.63, 3.8) is 0 Å². The summed E-state index contributed by atoms with van der Waals surface area (Å²) in [4.78, 5) is 11.8. The first kappa shape index (κ1) is 17.2. The fourth-order valence-corrected chi connectivity index (χ4v) is 3.07. The van der Waals surface area contributed by atoms with E-state index in [1.54, 1.807) is 26.0 Å². The molecule has 2 N–H and O–H groups in total. The third-order valence-electron chi connectivity index (χ3n) is 4.27. The monoisotopic (exact) mass is 342 g/mol. The molecule has 3 rings (SSSR count). The molecule has 25 heavy (non-hydrogen) atoms. The van der Waals surface area contributed by atoms with E-state index >= 15 is 0 Å². The second kappa shape index (κ2) is 6.01. The van der Waals surface area contributed by atoms with Crippen LogP contribution in [0.25, 0.3) is 22.3 Å².